The largest absolute Gasteiger partial charge is 0.364 e. The van der Waals surface area contributed by atoms with Crippen molar-refractivity contribution in [1.29, 1.82) is 0 Å². The normalized spacial score (nSPS) is 23.8. The summed E-state index contributed by atoms with van der Waals surface area (Å²) >= 11 is 0. The van der Waals surface area contributed by atoms with Crippen LogP contribution in [0.4, 0.5) is 0 Å². The fourth-order valence-electron chi connectivity index (χ4n) is 3.11. The molecule has 0 aromatic carbocycles. The van der Waals surface area contributed by atoms with E-state index < -0.39 is 0 Å². The summed E-state index contributed by atoms with van der Waals surface area (Å²) in [6.45, 7) is 9.32. The van der Waals surface area contributed by atoms with Crippen LogP contribution in [0, 0.1) is 5.92 Å². The summed E-state index contributed by atoms with van der Waals surface area (Å²) in [4.78, 5) is 5.10. The highest BCUT2D eigenvalue weighted by molar-refractivity contribution is 4.95. The zero-order valence-corrected chi connectivity index (χ0v) is 11.6. The minimum atomic E-state index is 0.906. The highest BCUT2D eigenvalue weighted by Gasteiger charge is 2.21. The van der Waals surface area contributed by atoms with Crippen LogP contribution in [-0.4, -0.2) is 60.8 Å². The summed E-state index contributed by atoms with van der Waals surface area (Å²) in [5.74, 6) is 0.906. The van der Waals surface area contributed by atoms with Gasteiger partial charge >= 0.3 is 0 Å². The van der Waals surface area contributed by atoms with E-state index in [1.54, 1.807) is 6.26 Å². The molecule has 1 aromatic heterocycles. The molecule has 0 spiro atoms. The molecule has 0 atom stereocenters. The van der Waals surface area contributed by atoms with Crippen molar-refractivity contribution in [2.24, 2.45) is 5.92 Å². The molecule has 5 heteroatoms. The number of hydrogen-bond donors (Lipinski definition) is 1. The molecule has 2 aliphatic rings. The van der Waals surface area contributed by atoms with Crippen LogP contribution in [-0.2, 0) is 6.54 Å². The first-order valence-electron chi connectivity index (χ1n) is 7.45. The molecule has 3 heterocycles. The molecule has 106 valence electrons. The Kier molecular flexibility index (Phi) is 4.48. The van der Waals surface area contributed by atoms with Crippen LogP contribution in [0.15, 0.2) is 16.9 Å². The second-order valence-electron chi connectivity index (χ2n) is 5.76. The van der Waals surface area contributed by atoms with Crippen molar-refractivity contribution < 1.29 is 4.52 Å². The van der Waals surface area contributed by atoms with Crippen LogP contribution >= 0.6 is 0 Å². The lowest BCUT2D eigenvalue weighted by molar-refractivity contribution is 0.105. The number of aromatic nitrogens is 1. The van der Waals surface area contributed by atoms with Gasteiger partial charge in [0.25, 0.3) is 0 Å². The highest BCUT2D eigenvalue weighted by Crippen LogP contribution is 2.15. The molecule has 2 saturated heterocycles. The first kappa shape index (κ1) is 13.1. The predicted octanol–water partition coefficient (Wildman–Crippen LogP) is 0.792. The molecule has 2 aliphatic heterocycles. The first-order chi connectivity index (χ1) is 9.40. The van der Waals surface area contributed by atoms with Gasteiger partial charge in [-0.15, -0.1) is 0 Å². The molecular weight excluding hydrogens is 240 g/mol. The SMILES string of the molecule is c1cc(CN2CCN(CC3CCNCC3)CC2)no1. The number of hydrogen-bond acceptors (Lipinski definition) is 5. The third-order valence-corrected chi connectivity index (χ3v) is 4.32. The Balaban J connectivity index is 1.39. The van der Waals surface area contributed by atoms with E-state index in [1.165, 1.54) is 45.6 Å². The second kappa shape index (κ2) is 6.50. The van der Waals surface area contributed by atoms with E-state index >= 15 is 0 Å². The summed E-state index contributed by atoms with van der Waals surface area (Å²) in [6.07, 6.45) is 4.35. The number of nitrogens with one attached hydrogen (secondary N) is 1. The van der Waals surface area contributed by atoms with Gasteiger partial charge in [-0.1, -0.05) is 5.16 Å². The van der Waals surface area contributed by atoms with Crippen molar-refractivity contribution in [3.05, 3.63) is 18.0 Å². The van der Waals surface area contributed by atoms with Crippen molar-refractivity contribution in [2.45, 2.75) is 19.4 Å². The predicted molar refractivity (Wildman–Crippen MR) is 73.8 cm³/mol. The maximum atomic E-state index is 4.88. The van der Waals surface area contributed by atoms with Gasteiger partial charge in [0.2, 0.25) is 0 Å². The molecule has 19 heavy (non-hydrogen) atoms. The van der Waals surface area contributed by atoms with Gasteiger partial charge in [-0.25, -0.2) is 0 Å². The lowest BCUT2D eigenvalue weighted by Crippen LogP contribution is -2.48. The van der Waals surface area contributed by atoms with Crippen LogP contribution in [0.3, 0.4) is 0 Å². The van der Waals surface area contributed by atoms with Gasteiger partial charge in [0, 0.05) is 45.3 Å². The van der Waals surface area contributed by atoms with E-state index in [0.717, 1.165) is 31.2 Å². The smallest absolute Gasteiger partial charge is 0.124 e. The molecule has 0 saturated carbocycles. The fraction of sp³-hybridized carbons (Fsp3) is 0.786. The third-order valence-electron chi connectivity index (χ3n) is 4.32. The topological polar surface area (TPSA) is 44.5 Å². The minimum Gasteiger partial charge on any atom is -0.364 e. The van der Waals surface area contributed by atoms with Gasteiger partial charge in [-0.2, -0.15) is 0 Å². The van der Waals surface area contributed by atoms with Crippen LogP contribution in [0.25, 0.3) is 0 Å². The Morgan fingerprint density at radius 3 is 2.58 bits per heavy atom. The summed E-state index contributed by atoms with van der Waals surface area (Å²) in [6, 6.07) is 1.96. The average Bonchev–Trinajstić information content (AvgIpc) is 2.95. The second-order valence-corrected chi connectivity index (χ2v) is 5.76. The van der Waals surface area contributed by atoms with Crippen molar-refractivity contribution >= 4 is 0 Å². The Labute approximate surface area is 114 Å². The molecule has 0 radical (unpaired) electrons. The van der Waals surface area contributed by atoms with E-state index in [1.807, 2.05) is 6.07 Å². The maximum absolute atomic E-state index is 4.88. The molecular formula is C14H24N4O. The summed E-state index contributed by atoms with van der Waals surface area (Å²) in [7, 11) is 0. The molecule has 0 aliphatic carbocycles. The molecule has 1 aromatic rings. The van der Waals surface area contributed by atoms with Gasteiger partial charge < -0.3 is 14.7 Å². The zero-order valence-electron chi connectivity index (χ0n) is 11.6. The van der Waals surface area contributed by atoms with E-state index in [-0.39, 0.29) is 0 Å². The van der Waals surface area contributed by atoms with E-state index in [4.69, 9.17) is 4.52 Å². The van der Waals surface area contributed by atoms with Crippen LogP contribution in [0.2, 0.25) is 0 Å². The quantitative estimate of drug-likeness (QED) is 0.871. The first-order valence-corrected chi connectivity index (χ1v) is 7.45. The monoisotopic (exact) mass is 264 g/mol. The molecule has 5 nitrogen and oxygen atoms in total. The number of piperazine rings is 1. The van der Waals surface area contributed by atoms with E-state index in [2.05, 4.69) is 20.3 Å². The Morgan fingerprint density at radius 2 is 1.89 bits per heavy atom. The highest BCUT2D eigenvalue weighted by atomic mass is 16.5. The molecule has 3 rings (SSSR count). The van der Waals surface area contributed by atoms with Crippen molar-refractivity contribution in [2.75, 3.05) is 45.8 Å². The van der Waals surface area contributed by atoms with Crippen molar-refractivity contribution in [3.63, 3.8) is 0 Å². The van der Waals surface area contributed by atoms with Gasteiger partial charge in [0.05, 0.1) is 5.69 Å². The fourth-order valence-corrected chi connectivity index (χ4v) is 3.11. The number of nitrogens with zero attached hydrogens (tertiary/aromatic N) is 3. The standard InChI is InChI=1S/C14H24N4O/c1-4-15-5-2-13(1)11-17-6-8-18(9-7-17)12-14-3-10-19-16-14/h3,10,13,15H,1-2,4-9,11-12H2. The molecule has 0 amide bonds. The van der Waals surface area contributed by atoms with E-state index in [9.17, 15) is 0 Å². The van der Waals surface area contributed by atoms with Gasteiger partial charge in [0.1, 0.15) is 6.26 Å². The molecule has 1 N–H and O–H groups in total. The van der Waals surface area contributed by atoms with Crippen molar-refractivity contribution in [1.82, 2.24) is 20.3 Å². The lowest BCUT2D eigenvalue weighted by Gasteiger charge is -2.37. The minimum absolute atomic E-state index is 0.906. The average molecular weight is 264 g/mol. The summed E-state index contributed by atoms with van der Waals surface area (Å²) in [5.41, 5.74) is 1.05. The maximum Gasteiger partial charge on any atom is 0.124 e. The zero-order chi connectivity index (χ0) is 12.9. The third kappa shape index (κ3) is 3.78. The summed E-state index contributed by atoms with van der Waals surface area (Å²) in [5, 5.41) is 7.43. The molecule has 0 unspecified atom stereocenters. The van der Waals surface area contributed by atoms with Crippen molar-refractivity contribution in [3.8, 4) is 0 Å². The van der Waals surface area contributed by atoms with Gasteiger partial charge in [0.15, 0.2) is 0 Å². The van der Waals surface area contributed by atoms with Crippen LogP contribution < -0.4 is 5.32 Å². The van der Waals surface area contributed by atoms with Gasteiger partial charge in [-0.3, -0.25) is 4.90 Å². The molecule has 0 bridgehead atoms. The van der Waals surface area contributed by atoms with Gasteiger partial charge in [-0.05, 0) is 31.8 Å². The number of rotatable bonds is 4. The van der Waals surface area contributed by atoms with E-state index in [0.29, 0.717) is 0 Å². The van der Waals surface area contributed by atoms with Crippen LogP contribution in [0.5, 0.6) is 0 Å². The number of piperidine rings is 1. The van der Waals surface area contributed by atoms with Crippen LogP contribution in [0.1, 0.15) is 18.5 Å². The molecule has 2 fully saturated rings. The lowest BCUT2D eigenvalue weighted by atomic mass is 9.97. The Morgan fingerprint density at radius 1 is 1.16 bits per heavy atom. The Bertz CT molecular complexity index is 354. The Hall–Kier alpha value is -0.910. The summed E-state index contributed by atoms with van der Waals surface area (Å²) < 4.78 is 4.88.